The molecule has 1 N–H and O–H groups in total. The Bertz CT molecular complexity index is 815. The largest absolute Gasteiger partial charge is 0.496 e. The van der Waals surface area contributed by atoms with Crippen molar-refractivity contribution in [3.05, 3.63) is 59.2 Å². The number of sulfonamides is 1. The van der Waals surface area contributed by atoms with Crippen molar-refractivity contribution in [2.75, 3.05) is 7.11 Å². The van der Waals surface area contributed by atoms with E-state index in [4.69, 9.17) is 4.74 Å². The van der Waals surface area contributed by atoms with Gasteiger partial charge in [0.2, 0.25) is 10.0 Å². The summed E-state index contributed by atoms with van der Waals surface area (Å²) >= 11 is 0. The number of ether oxygens (including phenoxy) is 1. The van der Waals surface area contributed by atoms with Crippen molar-refractivity contribution >= 4 is 10.0 Å². The van der Waals surface area contributed by atoms with Crippen LogP contribution in [0.25, 0.3) is 0 Å². The highest BCUT2D eigenvalue weighted by molar-refractivity contribution is 7.89. The monoisotopic (exact) mass is 331 g/mol. The average molecular weight is 331 g/mol. The SMILES string of the molecule is COc1ccc(S(=O)(=O)N[C@@H]2CCCc3ccccc32)cc1C. The van der Waals surface area contributed by atoms with Crippen molar-refractivity contribution in [3.8, 4) is 5.75 Å². The summed E-state index contributed by atoms with van der Waals surface area (Å²) in [5, 5.41) is 0. The number of benzene rings is 2. The molecule has 0 saturated carbocycles. The van der Waals surface area contributed by atoms with Crippen molar-refractivity contribution in [3.63, 3.8) is 0 Å². The van der Waals surface area contributed by atoms with Crippen molar-refractivity contribution < 1.29 is 13.2 Å². The van der Waals surface area contributed by atoms with Crippen molar-refractivity contribution in [1.82, 2.24) is 4.72 Å². The zero-order valence-electron chi connectivity index (χ0n) is 13.4. The van der Waals surface area contributed by atoms with Gasteiger partial charge in [-0.1, -0.05) is 24.3 Å². The van der Waals surface area contributed by atoms with E-state index in [0.29, 0.717) is 5.75 Å². The Morgan fingerprint density at radius 2 is 1.96 bits per heavy atom. The molecule has 0 heterocycles. The molecule has 4 nitrogen and oxygen atoms in total. The van der Waals surface area contributed by atoms with Crippen LogP contribution in [-0.4, -0.2) is 15.5 Å². The first-order valence-electron chi connectivity index (χ1n) is 7.76. The molecule has 23 heavy (non-hydrogen) atoms. The first kappa shape index (κ1) is 16.0. The maximum absolute atomic E-state index is 12.7. The molecule has 0 saturated heterocycles. The van der Waals surface area contributed by atoms with E-state index in [0.717, 1.165) is 30.4 Å². The maximum Gasteiger partial charge on any atom is 0.241 e. The van der Waals surface area contributed by atoms with Crippen LogP contribution < -0.4 is 9.46 Å². The van der Waals surface area contributed by atoms with Gasteiger partial charge >= 0.3 is 0 Å². The lowest BCUT2D eigenvalue weighted by molar-refractivity contribution is 0.411. The molecule has 122 valence electrons. The number of rotatable bonds is 4. The summed E-state index contributed by atoms with van der Waals surface area (Å²) in [6.45, 7) is 1.84. The standard InChI is InChI=1S/C18H21NO3S/c1-13-12-15(10-11-18(13)22-2)23(20,21)19-17-9-5-7-14-6-3-4-8-16(14)17/h3-4,6,8,10-12,17,19H,5,7,9H2,1-2H3/t17-/m1/s1. The summed E-state index contributed by atoms with van der Waals surface area (Å²) in [6.07, 6.45) is 2.83. The molecule has 0 fully saturated rings. The van der Waals surface area contributed by atoms with Gasteiger partial charge in [-0.05, 0) is 61.1 Å². The lowest BCUT2D eigenvalue weighted by atomic mass is 9.88. The summed E-state index contributed by atoms with van der Waals surface area (Å²) in [6, 6.07) is 12.8. The number of methoxy groups -OCH3 is 1. The van der Waals surface area contributed by atoms with Crippen molar-refractivity contribution in [1.29, 1.82) is 0 Å². The molecule has 0 amide bonds. The fourth-order valence-electron chi connectivity index (χ4n) is 3.15. The van der Waals surface area contributed by atoms with E-state index in [2.05, 4.69) is 10.8 Å². The predicted molar refractivity (Wildman–Crippen MR) is 90.2 cm³/mol. The van der Waals surface area contributed by atoms with Crippen LogP contribution in [0.15, 0.2) is 47.4 Å². The third-order valence-corrected chi connectivity index (χ3v) is 5.81. The Labute approximate surface area is 137 Å². The van der Waals surface area contributed by atoms with Gasteiger partial charge in [0.15, 0.2) is 0 Å². The van der Waals surface area contributed by atoms with Gasteiger partial charge in [0.05, 0.1) is 12.0 Å². The molecule has 3 rings (SSSR count). The van der Waals surface area contributed by atoms with Crippen molar-refractivity contribution in [2.45, 2.75) is 37.1 Å². The zero-order valence-corrected chi connectivity index (χ0v) is 14.2. The summed E-state index contributed by atoms with van der Waals surface area (Å²) < 4.78 is 33.5. The first-order valence-corrected chi connectivity index (χ1v) is 9.24. The second-order valence-electron chi connectivity index (χ2n) is 5.90. The number of hydrogen-bond acceptors (Lipinski definition) is 3. The van der Waals surface area contributed by atoms with Crippen LogP contribution in [0.5, 0.6) is 5.75 Å². The molecule has 0 unspecified atom stereocenters. The minimum Gasteiger partial charge on any atom is -0.496 e. The van der Waals surface area contributed by atoms with E-state index in [-0.39, 0.29) is 10.9 Å². The van der Waals surface area contributed by atoms with Gasteiger partial charge in [-0.25, -0.2) is 13.1 Å². The molecular formula is C18H21NO3S. The van der Waals surface area contributed by atoms with Gasteiger partial charge in [0.1, 0.15) is 5.75 Å². The molecule has 1 atom stereocenters. The van der Waals surface area contributed by atoms with Gasteiger partial charge < -0.3 is 4.74 Å². The number of fused-ring (bicyclic) bond motifs is 1. The van der Waals surface area contributed by atoms with E-state index in [1.54, 1.807) is 25.3 Å². The third kappa shape index (κ3) is 3.26. The highest BCUT2D eigenvalue weighted by Crippen LogP contribution is 2.31. The topological polar surface area (TPSA) is 55.4 Å². The summed E-state index contributed by atoms with van der Waals surface area (Å²) in [5.74, 6) is 0.687. The minimum atomic E-state index is -3.56. The summed E-state index contributed by atoms with van der Waals surface area (Å²) in [5.41, 5.74) is 3.13. The van der Waals surface area contributed by atoms with Crippen LogP contribution >= 0.6 is 0 Å². The fourth-order valence-corrected chi connectivity index (χ4v) is 4.48. The molecule has 0 aromatic heterocycles. The van der Waals surface area contributed by atoms with Crippen LogP contribution in [0, 0.1) is 6.92 Å². The van der Waals surface area contributed by atoms with Crippen molar-refractivity contribution in [2.24, 2.45) is 0 Å². The Morgan fingerprint density at radius 3 is 2.70 bits per heavy atom. The van der Waals surface area contributed by atoms with Gasteiger partial charge in [0, 0.05) is 6.04 Å². The second kappa shape index (κ2) is 6.34. The minimum absolute atomic E-state index is 0.160. The van der Waals surface area contributed by atoms with Crippen LogP contribution in [0.3, 0.4) is 0 Å². The smallest absolute Gasteiger partial charge is 0.241 e. The Hall–Kier alpha value is -1.85. The highest BCUT2D eigenvalue weighted by atomic mass is 32.2. The van der Waals surface area contributed by atoms with Gasteiger partial charge in [-0.3, -0.25) is 0 Å². The fraction of sp³-hybridized carbons (Fsp3) is 0.333. The molecule has 2 aromatic carbocycles. The van der Waals surface area contributed by atoms with Gasteiger partial charge in [0.25, 0.3) is 0 Å². The lowest BCUT2D eigenvalue weighted by Crippen LogP contribution is -2.31. The number of nitrogens with one attached hydrogen (secondary N) is 1. The molecule has 5 heteroatoms. The van der Waals surface area contributed by atoms with Gasteiger partial charge in [-0.15, -0.1) is 0 Å². The lowest BCUT2D eigenvalue weighted by Gasteiger charge is -2.26. The number of hydrogen-bond donors (Lipinski definition) is 1. The molecule has 2 aromatic rings. The maximum atomic E-state index is 12.7. The summed E-state index contributed by atoms with van der Waals surface area (Å²) in [7, 11) is -1.98. The predicted octanol–water partition coefficient (Wildman–Crippen LogP) is 3.36. The molecule has 0 radical (unpaired) electrons. The molecule has 1 aliphatic rings. The van der Waals surface area contributed by atoms with E-state index >= 15 is 0 Å². The molecule has 0 aliphatic heterocycles. The molecule has 0 bridgehead atoms. The zero-order chi connectivity index (χ0) is 16.4. The Morgan fingerprint density at radius 1 is 1.17 bits per heavy atom. The van der Waals surface area contributed by atoms with Crippen LogP contribution in [-0.2, 0) is 16.4 Å². The molecule has 0 spiro atoms. The van der Waals surface area contributed by atoms with Gasteiger partial charge in [-0.2, -0.15) is 0 Å². The number of aryl methyl sites for hydroxylation is 2. The summed E-state index contributed by atoms with van der Waals surface area (Å²) in [4.78, 5) is 0.277. The normalized spacial score (nSPS) is 17.6. The molecular weight excluding hydrogens is 310 g/mol. The second-order valence-corrected chi connectivity index (χ2v) is 7.61. The Kier molecular flexibility index (Phi) is 4.41. The van der Waals surface area contributed by atoms with E-state index in [1.807, 2.05) is 25.1 Å². The third-order valence-electron chi connectivity index (χ3n) is 4.34. The van der Waals surface area contributed by atoms with E-state index < -0.39 is 10.0 Å². The van der Waals surface area contributed by atoms with Crippen LogP contribution in [0.1, 0.15) is 35.6 Å². The average Bonchev–Trinajstić information content (AvgIpc) is 2.55. The first-order chi connectivity index (χ1) is 11.0. The van der Waals surface area contributed by atoms with E-state index in [1.165, 1.54) is 5.56 Å². The van der Waals surface area contributed by atoms with Crippen LogP contribution in [0.4, 0.5) is 0 Å². The Balaban J connectivity index is 1.89. The molecule has 1 aliphatic carbocycles. The highest BCUT2D eigenvalue weighted by Gasteiger charge is 2.25. The quantitative estimate of drug-likeness (QED) is 0.934. The van der Waals surface area contributed by atoms with E-state index in [9.17, 15) is 8.42 Å². The van der Waals surface area contributed by atoms with Crippen LogP contribution in [0.2, 0.25) is 0 Å².